The van der Waals surface area contributed by atoms with Crippen molar-refractivity contribution in [3.8, 4) is 0 Å². The lowest BCUT2D eigenvalue weighted by Gasteiger charge is -2.31. The Morgan fingerprint density at radius 2 is 1.79 bits per heavy atom. The van der Waals surface area contributed by atoms with E-state index in [1.807, 2.05) is 27.7 Å². The topological polar surface area (TPSA) is 104 Å². The number of carbonyl (C=O) groups is 2. The van der Waals surface area contributed by atoms with Crippen LogP contribution in [-0.4, -0.2) is 36.2 Å². The molecule has 5 N–H and O–H groups in total. The molecular formula is C13H27N3O3. The lowest BCUT2D eigenvalue weighted by Crippen LogP contribution is -2.53. The molecule has 0 fully saturated rings. The number of aliphatic hydroxyl groups excluding tert-OH is 1. The molecule has 0 aromatic heterocycles. The Kier molecular flexibility index (Phi) is 7.44. The first kappa shape index (κ1) is 17.7. The molecule has 1 unspecified atom stereocenters. The Labute approximate surface area is 115 Å². The number of rotatable bonds is 8. The predicted octanol–water partition coefficient (Wildman–Crippen LogP) is 0.594. The van der Waals surface area contributed by atoms with Gasteiger partial charge in [-0.15, -0.1) is 0 Å². The summed E-state index contributed by atoms with van der Waals surface area (Å²) in [6.45, 7) is 8.04. The van der Waals surface area contributed by atoms with Gasteiger partial charge in [-0.2, -0.15) is 0 Å². The number of nitrogens with one attached hydrogen (secondary N) is 2. The molecule has 0 aromatic rings. The zero-order valence-electron chi connectivity index (χ0n) is 12.3. The third-order valence-electron chi connectivity index (χ3n) is 3.72. The summed E-state index contributed by atoms with van der Waals surface area (Å²) in [7, 11) is 0. The summed E-state index contributed by atoms with van der Waals surface area (Å²) in [4.78, 5) is 22.9. The minimum Gasteiger partial charge on any atom is -0.396 e. The van der Waals surface area contributed by atoms with Gasteiger partial charge in [0.2, 0.25) is 5.91 Å². The van der Waals surface area contributed by atoms with Gasteiger partial charge < -0.3 is 21.5 Å². The number of nitrogens with two attached hydrogens (primary N) is 1. The van der Waals surface area contributed by atoms with E-state index in [2.05, 4.69) is 10.6 Å². The van der Waals surface area contributed by atoms with Crippen molar-refractivity contribution >= 4 is 11.9 Å². The molecule has 0 aliphatic carbocycles. The van der Waals surface area contributed by atoms with Crippen molar-refractivity contribution in [3.05, 3.63) is 0 Å². The number of hydrogen-bond acceptors (Lipinski definition) is 3. The average Bonchev–Trinajstić information content (AvgIpc) is 2.37. The Bertz CT molecular complexity index is 293. The number of hydrogen-bond donors (Lipinski definition) is 4. The van der Waals surface area contributed by atoms with Crippen LogP contribution >= 0.6 is 0 Å². The summed E-state index contributed by atoms with van der Waals surface area (Å²) in [6, 6.07) is -1.36. The molecule has 0 heterocycles. The summed E-state index contributed by atoms with van der Waals surface area (Å²) >= 11 is 0. The SMILES string of the molecule is CCC(CC)(CO)CNC(=O)C(NC(N)=O)C(C)C. The highest BCUT2D eigenvalue weighted by Crippen LogP contribution is 2.24. The van der Waals surface area contributed by atoms with Crippen LogP contribution in [0.4, 0.5) is 4.79 Å². The molecule has 0 aliphatic heterocycles. The molecule has 6 nitrogen and oxygen atoms in total. The molecule has 0 saturated heterocycles. The molecule has 19 heavy (non-hydrogen) atoms. The van der Waals surface area contributed by atoms with E-state index < -0.39 is 12.1 Å². The fourth-order valence-electron chi connectivity index (χ4n) is 1.85. The maximum Gasteiger partial charge on any atom is 0.312 e. The van der Waals surface area contributed by atoms with E-state index in [0.717, 1.165) is 12.8 Å². The van der Waals surface area contributed by atoms with Crippen molar-refractivity contribution in [1.82, 2.24) is 10.6 Å². The maximum atomic E-state index is 12.1. The van der Waals surface area contributed by atoms with Crippen LogP contribution in [0.5, 0.6) is 0 Å². The van der Waals surface area contributed by atoms with Crippen LogP contribution in [0.3, 0.4) is 0 Å². The van der Waals surface area contributed by atoms with Gasteiger partial charge >= 0.3 is 6.03 Å². The highest BCUT2D eigenvalue weighted by Gasteiger charge is 2.29. The van der Waals surface area contributed by atoms with Crippen LogP contribution < -0.4 is 16.4 Å². The molecule has 6 heteroatoms. The minimum absolute atomic E-state index is 0.0237. The number of amides is 3. The summed E-state index contributed by atoms with van der Waals surface area (Å²) in [5, 5.41) is 14.7. The van der Waals surface area contributed by atoms with Crippen LogP contribution in [0.2, 0.25) is 0 Å². The van der Waals surface area contributed by atoms with Crippen molar-refractivity contribution in [1.29, 1.82) is 0 Å². The van der Waals surface area contributed by atoms with Crippen LogP contribution in [0, 0.1) is 11.3 Å². The highest BCUT2D eigenvalue weighted by atomic mass is 16.3. The standard InChI is InChI=1S/C13H27N3O3/c1-5-13(6-2,8-17)7-15-11(18)10(9(3)4)16-12(14)19/h9-10,17H,5-8H2,1-4H3,(H,15,18)(H3,14,16,19). The first-order valence-corrected chi connectivity index (χ1v) is 6.76. The summed E-state index contributed by atoms with van der Waals surface area (Å²) in [5.74, 6) is -0.326. The number of primary amides is 1. The summed E-state index contributed by atoms with van der Waals surface area (Å²) in [5.41, 5.74) is 4.76. The van der Waals surface area contributed by atoms with E-state index in [-0.39, 0.29) is 23.8 Å². The van der Waals surface area contributed by atoms with Crippen LogP contribution in [-0.2, 0) is 4.79 Å². The van der Waals surface area contributed by atoms with Crippen molar-refractivity contribution in [2.45, 2.75) is 46.6 Å². The van der Waals surface area contributed by atoms with Crippen molar-refractivity contribution in [3.63, 3.8) is 0 Å². The molecule has 3 amide bonds. The van der Waals surface area contributed by atoms with E-state index >= 15 is 0 Å². The first-order valence-electron chi connectivity index (χ1n) is 6.76. The van der Waals surface area contributed by atoms with Crippen LogP contribution in [0.15, 0.2) is 0 Å². The lowest BCUT2D eigenvalue weighted by molar-refractivity contribution is -0.124. The van der Waals surface area contributed by atoms with Gasteiger partial charge in [-0.05, 0) is 18.8 Å². The highest BCUT2D eigenvalue weighted by molar-refractivity contribution is 5.86. The third-order valence-corrected chi connectivity index (χ3v) is 3.72. The molecular weight excluding hydrogens is 246 g/mol. The summed E-state index contributed by atoms with van der Waals surface area (Å²) < 4.78 is 0. The Morgan fingerprint density at radius 1 is 1.26 bits per heavy atom. The molecule has 0 aromatic carbocycles. The molecule has 1 atom stereocenters. The van der Waals surface area contributed by atoms with E-state index in [1.54, 1.807) is 0 Å². The molecule has 0 rings (SSSR count). The van der Waals surface area contributed by atoms with Crippen LogP contribution in [0.1, 0.15) is 40.5 Å². The first-order chi connectivity index (χ1) is 8.81. The fourth-order valence-corrected chi connectivity index (χ4v) is 1.85. The largest absolute Gasteiger partial charge is 0.396 e. The number of aliphatic hydroxyl groups is 1. The molecule has 0 bridgehead atoms. The normalized spacial score (nSPS) is 13.2. The second-order valence-corrected chi connectivity index (χ2v) is 5.31. The maximum absolute atomic E-state index is 12.1. The molecule has 0 aliphatic rings. The van der Waals surface area contributed by atoms with Gasteiger partial charge in [0, 0.05) is 12.0 Å². The quantitative estimate of drug-likeness (QED) is 0.520. The molecule has 0 saturated carbocycles. The minimum atomic E-state index is -0.715. The van der Waals surface area contributed by atoms with E-state index in [1.165, 1.54) is 0 Å². The van der Waals surface area contributed by atoms with Crippen molar-refractivity contribution in [2.75, 3.05) is 13.2 Å². The zero-order valence-corrected chi connectivity index (χ0v) is 12.3. The Morgan fingerprint density at radius 3 is 2.11 bits per heavy atom. The Hall–Kier alpha value is -1.30. The lowest BCUT2D eigenvalue weighted by atomic mass is 9.83. The third kappa shape index (κ3) is 5.46. The predicted molar refractivity (Wildman–Crippen MR) is 74.5 cm³/mol. The van der Waals surface area contributed by atoms with Gasteiger partial charge in [0.05, 0.1) is 6.61 Å². The van der Waals surface area contributed by atoms with Gasteiger partial charge in [0.15, 0.2) is 0 Å². The monoisotopic (exact) mass is 273 g/mol. The van der Waals surface area contributed by atoms with E-state index in [0.29, 0.717) is 6.54 Å². The molecule has 0 spiro atoms. The fraction of sp³-hybridized carbons (Fsp3) is 0.846. The number of urea groups is 1. The van der Waals surface area contributed by atoms with Gasteiger partial charge in [0.25, 0.3) is 0 Å². The van der Waals surface area contributed by atoms with Crippen molar-refractivity contribution < 1.29 is 14.7 Å². The smallest absolute Gasteiger partial charge is 0.312 e. The second kappa shape index (κ2) is 7.99. The molecule has 0 radical (unpaired) electrons. The summed E-state index contributed by atoms with van der Waals surface area (Å²) in [6.07, 6.45) is 1.55. The van der Waals surface area contributed by atoms with Gasteiger partial charge in [-0.3, -0.25) is 4.79 Å². The number of carbonyl (C=O) groups excluding carboxylic acids is 2. The Balaban J connectivity index is 4.60. The zero-order chi connectivity index (χ0) is 15.1. The van der Waals surface area contributed by atoms with Crippen molar-refractivity contribution in [2.24, 2.45) is 17.1 Å². The second-order valence-electron chi connectivity index (χ2n) is 5.31. The average molecular weight is 273 g/mol. The van der Waals surface area contributed by atoms with E-state index in [4.69, 9.17) is 5.73 Å². The van der Waals surface area contributed by atoms with Gasteiger partial charge in [-0.25, -0.2) is 4.79 Å². The van der Waals surface area contributed by atoms with Gasteiger partial charge in [0.1, 0.15) is 6.04 Å². The van der Waals surface area contributed by atoms with Gasteiger partial charge in [-0.1, -0.05) is 27.7 Å². The molecule has 112 valence electrons. The van der Waals surface area contributed by atoms with Crippen LogP contribution in [0.25, 0.3) is 0 Å². The van der Waals surface area contributed by atoms with E-state index in [9.17, 15) is 14.7 Å².